The lowest BCUT2D eigenvalue weighted by Gasteiger charge is -2.08. The summed E-state index contributed by atoms with van der Waals surface area (Å²) in [4.78, 5) is 20.9. The van der Waals surface area contributed by atoms with Gasteiger partial charge in [0.25, 0.3) is 0 Å². The third kappa shape index (κ3) is 3.65. The van der Waals surface area contributed by atoms with E-state index in [1.165, 1.54) is 5.56 Å². The molecule has 1 N–H and O–H groups in total. The van der Waals surface area contributed by atoms with Crippen LogP contribution in [-0.4, -0.2) is 20.4 Å². The third-order valence-corrected chi connectivity index (χ3v) is 4.57. The van der Waals surface area contributed by atoms with Crippen molar-refractivity contribution in [1.82, 2.24) is 14.5 Å². The molecule has 0 saturated heterocycles. The fraction of sp³-hybridized carbons (Fsp3) is 0.235. The molecule has 3 rings (SSSR count). The predicted octanol–water partition coefficient (Wildman–Crippen LogP) is 3.57. The van der Waals surface area contributed by atoms with Crippen LogP contribution < -0.4 is 5.32 Å². The van der Waals surface area contributed by atoms with Crippen LogP contribution in [0.3, 0.4) is 0 Å². The number of carbonyl (C=O) groups excluding carboxylic acids is 1. The van der Waals surface area contributed by atoms with Gasteiger partial charge < -0.3 is 9.88 Å². The Morgan fingerprint density at radius 1 is 1.26 bits per heavy atom. The van der Waals surface area contributed by atoms with Crippen LogP contribution in [0.15, 0.2) is 36.1 Å². The van der Waals surface area contributed by atoms with E-state index in [4.69, 9.17) is 0 Å². The van der Waals surface area contributed by atoms with Gasteiger partial charge in [-0.2, -0.15) is 0 Å². The summed E-state index contributed by atoms with van der Waals surface area (Å²) in [6, 6.07) is 5.90. The first-order valence-corrected chi connectivity index (χ1v) is 8.20. The summed E-state index contributed by atoms with van der Waals surface area (Å²) in [5, 5.41) is 5.77. The molecule has 0 spiro atoms. The normalized spacial score (nSPS) is 10.7. The van der Waals surface area contributed by atoms with Gasteiger partial charge in [0, 0.05) is 23.0 Å². The average molecular weight is 326 g/mol. The maximum Gasteiger partial charge on any atom is 0.244 e. The van der Waals surface area contributed by atoms with Gasteiger partial charge in [0.1, 0.15) is 17.2 Å². The molecule has 118 valence electrons. The number of thiazole rings is 1. The van der Waals surface area contributed by atoms with E-state index in [-0.39, 0.29) is 12.5 Å². The van der Waals surface area contributed by atoms with E-state index in [0.717, 1.165) is 27.6 Å². The van der Waals surface area contributed by atoms with E-state index < -0.39 is 0 Å². The summed E-state index contributed by atoms with van der Waals surface area (Å²) in [7, 11) is 0. The second-order valence-corrected chi connectivity index (χ2v) is 6.43. The van der Waals surface area contributed by atoms with E-state index in [2.05, 4.69) is 15.3 Å². The molecule has 0 unspecified atom stereocenters. The number of anilines is 1. The molecule has 3 aromatic rings. The molecule has 5 nitrogen and oxygen atoms in total. The van der Waals surface area contributed by atoms with Gasteiger partial charge in [-0.3, -0.25) is 4.79 Å². The Balaban J connectivity index is 1.66. The van der Waals surface area contributed by atoms with Crippen molar-refractivity contribution in [3.8, 4) is 10.7 Å². The molecular weight excluding hydrogens is 308 g/mol. The van der Waals surface area contributed by atoms with Gasteiger partial charge >= 0.3 is 0 Å². The van der Waals surface area contributed by atoms with Gasteiger partial charge in [-0.25, -0.2) is 9.97 Å². The molecule has 1 amide bonds. The number of imidazole rings is 1. The van der Waals surface area contributed by atoms with Crippen molar-refractivity contribution >= 4 is 22.9 Å². The maximum absolute atomic E-state index is 12.2. The topological polar surface area (TPSA) is 59.8 Å². The van der Waals surface area contributed by atoms with E-state index in [0.29, 0.717) is 0 Å². The summed E-state index contributed by atoms with van der Waals surface area (Å²) < 4.78 is 1.77. The van der Waals surface area contributed by atoms with Gasteiger partial charge in [-0.15, -0.1) is 11.3 Å². The second kappa shape index (κ2) is 6.34. The van der Waals surface area contributed by atoms with Gasteiger partial charge in [0.05, 0.1) is 6.33 Å². The molecule has 6 heteroatoms. The van der Waals surface area contributed by atoms with Crippen molar-refractivity contribution in [3.63, 3.8) is 0 Å². The van der Waals surface area contributed by atoms with E-state index in [9.17, 15) is 4.79 Å². The van der Waals surface area contributed by atoms with Crippen LogP contribution >= 0.6 is 11.3 Å². The molecule has 0 atom stereocenters. The average Bonchev–Trinajstić information content (AvgIpc) is 3.12. The molecule has 23 heavy (non-hydrogen) atoms. The van der Waals surface area contributed by atoms with Crippen LogP contribution in [0.25, 0.3) is 10.7 Å². The van der Waals surface area contributed by atoms with Crippen molar-refractivity contribution in [1.29, 1.82) is 0 Å². The standard InChI is InChI=1S/C17H18N4OS/c1-11-4-5-14(6-12(11)2)20-16(22)8-21-7-15(18-10-21)17-19-13(3)9-23-17/h4-7,9-10H,8H2,1-3H3,(H,20,22). The van der Waals surface area contributed by atoms with Gasteiger partial charge in [0.15, 0.2) is 0 Å². The van der Waals surface area contributed by atoms with Crippen LogP contribution in [0.5, 0.6) is 0 Å². The second-order valence-electron chi connectivity index (χ2n) is 5.57. The maximum atomic E-state index is 12.2. The summed E-state index contributed by atoms with van der Waals surface area (Å²) in [5.74, 6) is -0.0764. The van der Waals surface area contributed by atoms with Crippen molar-refractivity contribution in [2.24, 2.45) is 0 Å². The summed E-state index contributed by atoms with van der Waals surface area (Å²) in [5.41, 5.74) is 4.95. The predicted molar refractivity (Wildman–Crippen MR) is 92.6 cm³/mol. The molecule has 0 aliphatic heterocycles. The molecule has 2 heterocycles. The Hall–Kier alpha value is -2.47. The van der Waals surface area contributed by atoms with E-state index in [1.54, 1.807) is 22.2 Å². The number of rotatable bonds is 4. The Morgan fingerprint density at radius 2 is 2.09 bits per heavy atom. The molecule has 0 saturated carbocycles. The zero-order chi connectivity index (χ0) is 16.4. The fourth-order valence-electron chi connectivity index (χ4n) is 2.21. The minimum absolute atomic E-state index is 0.0764. The highest BCUT2D eigenvalue weighted by Crippen LogP contribution is 2.21. The van der Waals surface area contributed by atoms with Crippen LogP contribution in [-0.2, 0) is 11.3 Å². The molecule has 0 fully saturated rings. The van der Waals surface area contributed by atoms with Gasteiger partial charge in [0.2, 0.25) is 5.91 Å². The molecule has 1 aromatic carbocycles. The Morgan fingerprint density at radius 3 is 2.78 bits per heavy atom. The monoisotopic (exact) mass is 326 g/mol. The highest BCUT2D eigenvalue weighted by atomic mass is 32.1. The van der Waals surface area contributed by atoms with Gasteiger partial charge in [-0.05, 0) is 44.0 Å². The van der Waals surface area contributed by atoms with Crippen molar-refractivity contribution in [3.05, 3.63) is 52.9 Å². The quantitative estimate of drug-likeness (QED) is 0.797. The Kier molecular flexibility index (Phi) is 4.25. The summed E-state index contributed by atoms with van der Waals surface area (Å²) in [6.45, 7) is 6.26. The highest BCUT2D eigenvalue weighted by molar-refractivity contribution is 7.13. The Bertz CT molecular complexity index is 850. The van der Waals surface area contributed by atoms with Gasteiger partial charge in [-0.1, -0.05) is 6.07 Å². The fourth-order valence-corrected chi connectivity index (χ4v) is 2.97. The number of nitrogens with one attached hydrogen (secondary N) is 1. The van der Waals surface area contributed by atoms with Crippen molar-refractivity contribution < 1.29 is 4.79 Å². The van der Waals surface area contributed by atoms with Crippen LogP contribution in [0.1, 0.15) is 16.8 Å². The minimum Gasteiger partial charge on any atom is -0.327 e. The number of amides is 1. The molecule has 0 bridgehead atoms. The van der Waals surface area contributed by atoms with Crippen LogP contribution in [0.4, 0.5) is 5.69 Å². The molecule has 0 aliphatic rings. The number of benzene rings is 1. The first kappa shape index (κ1) is 15.4. The zero-order valence-electron chi connectivity index (χ0n) is 13.3. The highest BCUT2D eigenvalue weighted by Gasteiger charge is 2.09. The van der Waals surface area contributed by atoms with E-state index in [1.807, 2.05) is 50.5 Å². The number of hydrogen-bond acceptors (Lipinski definition) is 4. The van der Waals surface area contributed by atoms with E-state index >= 15 is 0 Å². The summed E-state index contributed by atoms with van der Waals surface area (Å²) in [6.07, 6.45) is 3.50. The number of aryl methyl sites for hydroxylation is 3. The first-order chi connectivity index (χ1) is 11.0. The SMILES string of the molecule is Cc1csc(-c2cn(CC(=O)Nc3ccc(C)c(C)c3)cn2)n1. The number of hydrogen-bond donors (Lipinski definition) is 1. The molecular formula is C17H18N4OS. The zero-order valence-corrected chi connectivity index (χ0v) is 14.1. The lowest BCUT2D eigenvalue weighted by atomic mass is 10.1. The summed E-state index contributed by atoms with van der Waals surface area (Å²) >= 11 is 1.55. The molecule has 0 radical (unpaired) electrons. The third-order valence-electron chi connectivity index (χ3n) is 3.59. The number of carbonyl (C=O) groups is 1. The largest absolute Gasteiger partial charge is 0.327 e. The number of aromatic nitrogens is 3. The first-order valence-electron chi connectivity index (χ1n) is 7.32. The lowest BCUT2D eigenvalue weighted by molar-refractivity contribution is -0.116. The van der Waals surface area contributed by atoms with Crippen molar-refractivity contribution in [2.75, 3.05) is 5.32 Å². The number of nitrogens with zero attached hydrogens (tertiary/aromatic N) is 3. The lowest BCUT2D eigenvalue weighted by Crippen LogP contribution is -2.17. The Labute approximate surface area is 139 Å². The van der Waals surface area contributed by atoms with Crippen LogP contribution in [0.2, 0.25) is 0 Å². The molecule has 2 aromatic heterocycles. The smallest absolute Gasteiger partial charge is 0.244 e. The van der Waals surface area contributed by atoms with Crippen molar-refractivity contribution in [2.45, 2.75) is 27.3 Å². The molecule has 0 aliphatic carbocycles. The minimum atomic E-state index is -0.0764. The van der Waals surface area contributed by atoms with Crippen LogP contribution in [0, 0.1) is 20.8 Å².